The summed E-state index contributed by atoms with van der Waals surface area (Å²) in [6.45, 7) is 0.0273. The first kappa shape index (κ1) is 14.0. The van der Waals surface area contributed by atoms with E-state index >= 15 is 0 Å². The number of nitrogen functional groups attached to an aromatic ring is 1. The van der Waals surface area contributed by atoms with Gasteiger partial charge in [-0.25, -0.2) is 4.98 Å². The molecule has 1 saturated carbocycles. The van der Waals surface area contributed by atoms with Gasteiger partial charge in [-0.1, -0.05) is 11.3 Å². The minimum atomic E-state index is -0.304. The molecule has 1 aromatic rings. The molecule has 106 valence electrons. The van der Waals surface area contributed by atoms with E-state index in [4.69, 9.17) is 15.9 Å². The highest BCUT2D eigenvalue weighted by atomic mass is 32.1. The average molecular weight is 286 g/mol. The van der Waals surface area contributed by atoms with Gasteiger partial charge in [0.1, 0.15) is 10.7 Å². The molecule has 19 heavy (non-hydrogen) atoms. The zero-order valence-corrected chi connectivity index (χ0v) is 11.3. The van der Waals surface area contributed by atoms with Gasteiger partial charge in [0.25, 0.3) is 5.91 Å². The van der Waals surface area contributed by atoms with Crippen LogP contribution in [0.2, 0.25) is 0 Å². The number of amides is 1. The van der Waals surface area contributed by atoms with E-state index < -0.39 is 0 Å². The molecule has 1 aromatic heterocycles. The highest BCUT2D eigenvalue weighted by Crippen LogP contribution is 2.31. The molecule has 0 bridgehead atoms. The Bertz CT molecular complexity index is 441. The molecular formula is C11H18N4O3S. The van der Waals surface area contributed by atoms with E-state index in [1.165, 1.54) is 16.2 Å². The number of nitrogens with zero attached hydrogens (tertiary/aromatic N) is 2. The van der Waals surface area contributed by atoms with Crippen LogP contribution in [0.25, 0.3) is 0 Å². The van der Waals surface area contributed by atoms with Crippen molar-refractivity contribution in [3.05, 3.63) is 4.88 Å². The van der Waals surface area contributed by atoms with E-state index in [1.54, 1.807) is 0 Å². The fourth-order valence-corrected chi connectivity index (χ4v) is 2.58. The Morgan fingerprint density at radius 1 is 1.42 bits per heavy atom. The summed E-state index contributed by atoms with van der Waals surface area (Å²) in [7, 11) is 0. The smallest absolute Gasteiger partial charge is 0.268 e. The van der Waals surface area contributed by atoms with Crippen molar-refractivity contribution in [1.29, 1.82) is 0 Å². The average Bonchev–Trinajstić information content (AvgIpc) is 3.11. The van der Waals surface area contributed by atoms with Crippen molar-refractivity contribution >= 4 is 28.2 Å². The Labute approximate surface area is 115 Å². The van der Waals surface area contributed by atoms with Gasteiger partial charge in [0, 0.05) is 19.1 Å². The molecule has 8 heteroatoms. The van der Waals surface area contributed by atoms with E-state index in [0.29, 0.717) is 16.1 Å². The summed E-state index contributed by atoms with van der Waals surface area (Å²) in [5, 5.41) is 21.7. The number of hydrogen-bond acceptors (Lipinski definition) is 7. The van der Waals surface area contributed by atoms with Crippen LogP contribution < -0.4 is 11.1 Å². The quantitative estimate of drug-likeness (QED) is 0.549. The van der Waals surface area contributed by atoms with E-state index in [9.17, 15) is 4.79 Å². The minimum absolute atomic E-state index is 0.155. The third-order valence-corrected chi connectivity index (χ3v) is 3.77. The van der Waals surface area contributed by atoms with E-state index in [2.05, 4.69) is 10.3 Å². The molecule has 1 amide bonds. The highest BCUT2D eigenvalue weighted by molar-refractivity contribution is 7.18. The van der Waals surface area contributed by atoms with Crippen molar-refractivity contribution in [3.63, 3.8) is 0 Å². The van der Waals surface area contributed by atoms with Gasteiger partial charge < -0.3 is 26.2 Å². The summed E-state index contributed by atoms with van der Waals surface area (Å²) in [6, 6.07) is 0.444. The van der Waals surface area contributed by atoms with Crippen molar-refractivity contribution in [2.45, 2.75) is 18.9 Å². The molecule has 7 nitrogen and oxygen atoms in total. The molecule has 1 heterocycles. The number of thiazole rings is 1. The van der Waals surface area contributed by atoms with Crippen LogP contribution >= 0.6 is 11.3 Å². The SMILES string of the molecule is Nc1nc(NC2CC2)sc1C(=O)N(CCO)CCO. The predicted molar refractivity (Wildman–Crippen MR) is 73.2 cm³/mol. The van der Waals surface area contributed by atoms with Crippen molar-refractivity contribution in [1.82, 2.24) is 9.88 Å². The van der Waals surface area contributed by atoms with Crippen LogP contribution in [0.1, 0.15) is 22.5 Å². The number of anilines is 2. The Hall–Kier alpha value is -1.38. The fourth-order valence-electron chi connectivity index (χ4n) is 1.65. The number of aliphatic hydroxyl groups excluding tert-OH is 2. The summed E-state index contributed by atoms with van der Waals surface area (Å²) < 4.78 is 0. The zero-order chi connectivity index (χ0) is 13.8. The number of nitrogens with two attached hydrogens (primary N) is 1. The molecule has 0 atom stereocenters. The molecule has 1 aliphatic carbocycles. The van der Waals surface area contributed by atoms with E-state index in [0.717, 1.165) is 12.8 Å². The molecule has 0 spiro atoms. The Morgan fingerprint density at radius 2 is 2.05 bits per heavy atom. The van der Waals surface area contributed by atoms with Gasteiger partial charge in [0.05, 0.1) is 13.2 Å². The molecule has 0 aliphatic heterocycles. The standard InChI is InChI=1S/C11H18N4O3S/c12-9-8(10(18)15(3-5-16)4-6-17)19-11(14-9)13-7-1-2-7/h7,16-17H,1-6,12H2,(H,13,14). The van der Waals surface area contributed by atoms with Crippen LogP contribution in [-0.4, -0.2) is 58.3 Å². The molecule has 2 rings (SSSR count). The van der Waals surface area contributed by atoms with E-state index in [1.807, 2.05) is 0 Å². The third-order valence-electron chi connectivity index (χ3n) is 2.78. The van der Waals surface area contributed by atoms with Crippen molar-refractivity contribution < 1.29 is 15.0 Å². The number of carbonyl (C=O) groups is 1. The lowest BCUT2D eigenvalue weighted by Crippen LogP contribution is -2.35. The highest BCUT2D eigenvalue weighted by Gasteiger charge is 2.25. The van der Waals surface area contributed by atoms with Crippen LogP contribution in [0.4, 0.5) is 10.9 Å². The van der Waals surface area contributed by atoms with Crippen LogP contribution in [-0.2, 0) is 0 Å². The van der Waals surface area contributed by atoms with Crippen molar-refractivity contribution in [2.75, 3.05) is 37.4 Å². The van der Waals surface area contributed by atoms with Crippen LogP contribution in [0.5, 0.6) is 0 Å². The number of aromatic nitrogens is 1. The molecule has 1 fully saturated rings. The second-order valence-electron chi connectivity index (χ2n) is 4.39. The fraction of sp³-hybridized carbons (Fsp3) is 0.636. The van der Waals surface area contributed by atoms with Gasteiger partial charge in [0.2, 0.25) is 0 Å². The minimum Gasteiger partial charge on any atom is -0.395 e. The molecule has 0 radical (unpaired) electrons. The maximum Gasteiger partial charge on any atom is 0.268 e. The van der Waals surface area contributed by atoms with Crippen LogP contribution in [0, 0.1) is 0 Å². The number of rotatable bonds is 7. The van der Waals surface area contributed by atoms with Crippen LogP contribution in [0.15, 0.2) is 0 Å². The summed E-state index contributed by atoms with van der Waals surface area (Å²) in [5.74, 6) is -0.110. The van der Waals surface area contributed by atoms with Crippen molar-refractivity contribution in [3.8, 4) is 0 Å². The van der Waals surface area contributed by atoms with Gasteiger partial charge in [0.15, 0.2) is 5.13 Å². The Kier molecular flexibility index (Phi) is 4.56. The zero-order valence-electron chi connectivity index (χ0n) is 10.5. The Balaban J connectivity index is 2.09. The normalized spacial score (nSPS) is 14.4. The summed E-state index contributed by atoms with van der Waals surface area (Å²) in [6.07, 6.45) is 2.23. The lowest BCUT2D eigenvalue weighted by Gasteiger charge is -2.19. The van der Waals surface area contributed by atoms with Crippen LogP contribution in [0.3, 0.4) is 0 Å². The third kappa shape index (κ3) is 3.55. The lowest BCUT2D eigenvalue weighted by molar-refractivity contribution is 0.0690. The topological polar surface area (TPSA) is 112 Å². The number of carbonyl (C=O) groups excluding carboxylic acids is 1. The van der Waals surface area contributed by atoms with E-state index in [-0.39, 0.29) is 38.0 Å². The van der Waals surface area contributed by atoms with Gasteiger partial charge in [-0.3, -0.25) is 4.79 Å². The first-order valence-corrected chi connectivity index (χ1v) is 7.01. The maximum atomic E-state index is 12.2. The first-order chi connectivity index (χ1) is 9.15. The molecule has 0 unspecified atom stereocenters. The van der Waals surface area contributed by atoms with Gasteiger partial charge >= 0.3 is 0 Å². The molecular weight excluding hydrogens is 268 g/mol. The monoisotopic (exact) mass is 286 g/mol. The van der Waals surface area contributed by atoms with Crippen molar-refractivity contribution in [2.24, 2.45) is 0 Å². The number of aliphatic hydroxyl groups is 2. The summed E-state index contributed by atoms with van der Waals surface area (Å²) >= 11 is 1.21. The molecule has 5 N–H and O–H groups in total. The number of hydrogen-bond donors (Lipinski definition) is 4. The largest absolute Gasteiger partial charge is 0.395 e. The summed E-state index contributed by atoms with van der Waals surface area (Å²) in [4.78, 5) is 18.1. The molecule has 0 aromatic carbocycles. The Morgan fingerprint density at radius 3 is 2.58 bits per heavy atom. The molecule has 0 saturated heterocycles. The second-order valence-corrected chi connectivity index (χ2v) is 5.39. The first-order valence-electron chi connectivity index (χ1n) is 6.19. The lowest BCUT2D eigenvalue weighted by atomic mass is 10.4. The predicted octanol–water partition coefficient (Wildman–Crippen LogP) is -0.274. The number of nitrogens with one attached hydrogen (secondary N) is 1. The van der Waals surface area contributed by atoms with Gasteiger partial charge in [-0.2, -0.15) is 0 Å². The van der Waals surface area contributed by atoms with Gasteiger partial charge in [-0.05, 0) is 12.8 Å². The second kappa shape index (κ2) is 6.18. The van der Waals surface area contributed by atoms with Gasteiger partial charge in [-0.15, -0.1) is 0 Å². The molecule has 1 aliphatic rings. The summed E-state index contributed by atoms with van der Waals surface area (Å²) in [5.41, 5.74) is 5.76. The maximum absolute atomic E-state index is 12.2.